The van der Waals surface area contributed by atoms with Gasteiger partial charge in [-0.25, -0.2) is 0 Å². The van der Waals surface area contributed by atoms with Gasteiger partial charge in [-0.1, -0.05) is 48.5 Å². The van der Waals surface area contributed by atoms with Gasteiger partial charge in [0, 0.05) is 5.56 Å². The van der Waals surface area contributed by atoms with Crippen molar-refractivity contribution in [2.24, 2.45) is 0 Å². The van der Waals surface area contributed by atoms with Crippen LogP contribution in [0.5, 0.6) is 5.75 Å². The third-order valence-corrected chi connectivity index (χ3v) is 1.77. The van der Waals surface area contributed by atoms with Crippen LogP contribution < -0.4 is 0 Å². The first-order valence-electron chi connectivity index (χ1n) is 5.46. The molecule has 0 saturated carbocycles. The Kier molecular flexibility index (Phi) is 1.29. The fourth-order valence-electron chi connectivity index (χ4n) is 1.15. The summed E-state index contributed by atoms with van der Waals surface area (Å²) in [6.07, 6.45) is 0. The molecule has 0 aliphatic carbocycles. The summed E-state index contributed by atoms with van der Waals surface area (Å²) < 4.78 is 22.9. The fraction of sp³-hybridized carbons (Fsp3) is 0. The predicted octanol–water partition coefficient (Wildman–Crippen LogP) is 3.06. The van der Waals surface area contributed by atoms with E-state index in [1.165, 1.54) is 18.2 Å². The average molecular weight is 173 g/mol. The van der Waals surface area contributed by atoms with Crippen molar-refractivity contribution in [2.75, 3.05) is 0 Å². The summed E-state index contributed by atoms with van der Waals surface area (Å²) in [5.41, 5.74) is 0.812. The molecule has 2 aromatic carbocycles. The maximum atomic E-state index is 9.67. The molecular formula is C12H10O. The van der Waals surface area contributed by atoms with Crippen LogP contribution in [0.3, 0.4) is 0 Å². The van der Waals surface area contributed by atoms with Crippen molar-refractivity contribution >= 4 is 0 Å². The molecule has 0 fully saturated rings. The minimum absolute atomic E-state index is 0.0437. The van der Waals surface area contributed by atoms with E-state index < -0.39 is 0 Å². The quantitative estimate of drug-likeness (QED) is 0.702. The molecular weight excluding hydrogens is 160 g/mol. The fourth-order valence-corrected chi connectivity index (χ4v) is 1.15. The lowest BCUT2D eigenvalue weighted by atomic mass is 10.1. The van der Waals surface area contributed by atoms with E-state index in [0.717, 1.165) is 0 Å². The number of para-hydroxylation sites is 1. The molecule has 0 spiro atoms. The normalized spacial score (nSPS) is 13.1. The first kappa shape index (κ1) is 5.07. The molecule has 2 rings (SSSR count). The summed E-state index contributed by atoms with van der Waals surface area (Å²) >= 11 is 0. The molecule has 1 heteroatoms. The summed E-state index contributed by atoms with van der Waals surface area (Å²) in [4.78, 5) is 0. The van der Waals surface area contributed by atoms with Gasteiger partial charge in [0.2, 0.25) is 0 Å². The molecule has 0 aliphatic rings. The van der Waals surface area contributed by atoms with E-state index in [2.05, 4.69) is 0 Å². The van der Waals surface area contributed by atoms with Gasteiger partial charge >= 0.3 is 0 Å². The van der Waals surface area contributed by atoms with Gasteiger partial charge in [0.15, 0.2) is 0 Å². The van der Waals surface area contributed by atoms with Crippen molar-refractivity contribution in [3.05, 3.63) is 54.5 Å². The SMILES string of the molecule is [2H]c1cc([2H])c(-c2ccccc2O)c([2H])c1. The van der Waals surface area contributed by atoms with Gasteiger partial charge in [-0.2, -0.15) is 0 Å². The van der Waals surface area contributed by atoms with Gasteiger partial charge in [-0.3, -0.25) is 0 Å². The molecule has 0 radical (unpaired) electrons. The maximum Gasteiger partial charge on any atom is 0.123 e. The van der Waals surface area contributed by atoms with E-state index in [4.69, 9.17) is 4.11 Å². The zero-order valence-electron chi connectivity index (χ0n) is 9.91. The molecule has 0 saturated heterocycles. The topological polar surface area (TPSA) is 20.2 Å². The van der Waals surface area contributed by atoms with E-state index in [-0.39, 0.29) is 23.9 Å². The summed E-state index contributed by atoms with van der Waals surface area (Å²) in [7, 11) is 0. The van der Waals surface area contributed by atoms with E-state index in [0.29, 0.717) is 11.1 Å². The van der Waals surface area contributed by atoms with Crippen LogP contribution in [-0.2, 0) is 0 Å². The Morgan fingerprint density at radius 1 is 1.00 bits per heavy atom. The van der Waals surface area contributed by atoms with Crippen LogP contribution in [0.1, 0.15) is 4.11 Å². The van der Waals surface area contributed by atoms with Crippen LogP contribution in [0.2, 0.25) is 0 Å². The summed E-state index contributed by atoms with van der Waals surface area (Å²) in [5.74, 6) is 0.0437. The summed E-state index contributed by atoms with van der Waals surface area (Å²) in [6, 6.07) is 9.62. The van der Waals surface area contributed by atoms with Crippen molar-refractivity contribution in [2.45, 2.75) is 0 Å². The second-order valence-electron chi connectivity index (χ2n) is 2.64. The molecule has 0 atom stereocenters. The van der Waals surface area contributed by atoms with Crippen LogP contribution in [0.25, 0.3) is 11.1 Å². The van der Waals surface area contributed by atoms with Gasteiger partial charge in [0.25, 0.3) is 0 Å². The van der Waals surface area contributed by atoms with E-state index in [1.54, 1.807) is 18.2 Å². The minimum Gasteiger partial charge on any atom is -0.507 e. The zero-order valence-corrected chi connectivity index (χ0v) is 6.91. The molecule has 0 aliphatic heterocycles. The molecule has 2 aromatic rings. The molecule has 13 heavy (non-hydrogen) atoms. The van der Waals surface area contributed by atoms with Crippen LogP contribution in [0, 0.1) is 0 Å². The smallest absolute Gasteiger partial charge is 0.123 e. The number of rotatable bonds is 1. The first-order valence-corrected chi connectivity index (χ1v) is 3.96. The van der Waals surface area contributed by atoms with Gasteiger partial charge in [-0.05, 0) is 11.6 Å². The summed E-state index contributed by atoms with van der Waals surface area (Å²) in [5, 5.41) is 9.67. The summed E-state index contributed by atoms with van der Waals surface area (Å²) in [6.45, 7) is 0. The number of hydrogen-bond donors (Lipinski definition) is 1. The molecule has 0 unspecified atom stereocenters. The Labute approximate surface area is 81.5 Å². The minimum atomic E-state index is 0.0437. The van der Waals surface area contributed by atoms with Crippen LogP contribution >= 0.6 is 0 Å². The Bertz CT molecular complexity index is 515. The largest absolute Gasteiger partial charge is 0.507 e. The highest BCUT2D eigenvalue weighted by Crippen LogP contribution is 2.27. The molecule has 0 amide bonds. The van der Waals surface area contributed by atoms with E-state index in [9.17, 15) is 5.11 Å². The molecule has 1 nitrogen and oxygen atoms in total. The lowest BCUT2D eigenvalue weighted by Crippen LogP contribution is -1.76. The third-order valence-electron chi connectivity index (χ3n) is 1.77. The maximum absolute atomic E-state index is 9.67. The molecule has 1 N–H and O–H groups in total. The Hall–Kier alpha value is -1.76. The second-order valence-corrected chi connectivity index (χ2v) is 2.64. The van der Waals surface area contributed by atoms with Crippen molar-refractivity contribution in [1.82, 2.24) is 0 Å². The standard InChI is InChI=1S/C12H10O/c13-12-9-5-4-8-11(12)10-6-2-1-3-7-10/h1-9,13H/i1D,6D,7D. The Morgan fingerprint density at radius 3 is 2.38 bits per heavy atom. The lowest BCUT2D eigenvalue weighted by molar-refractivity contribution is 0.477. The number of aromatic hydroxyl groups is 1. The van der Waals surface area contributed by atoms with E-state index >= 15 is 0 Å². The highest BCUT2D eigenvalue weighted by atomic mass is 16.3. The Morgan fingerprint density at radius 2 is 1.69 bits per heavy atom. The second kappa shape index (κ2) is 3.31. The van der Waals surface area contributed by atoms with Crippen molar-refractivity contribution in [3.63, 3.8) is 0 Å². The third kappa shape index (κ3) is 1.54. The molecule has 0 heterocycles. The molecule has 0 aromatic heterocycles. The number of hydrogen-bond acceptors (Lipinski definition) is 1. The number of phenolic OH excluding ortho intramolecular Hbond substituents is 1. The van der Waals surface area contributed by atoms with Crippen molar-refractivity contribution in [1.29, 1.82) is 0 Å². The Balaban J connectivity index is 2.70. The highest BCUT2D eigenvalue weighted by molar-refractivity contribution is 5.69. The van der Waals surface area contributed by atoms with Crippen LogP contribution in [0.15, 0.2) is 54.5 Å². The van der Waals surface area contributed by atoms with Crippen molar-refractivity contribution < 1.29 is 9.22 Å². The van der Waals surface area contributed by atoms with Crippen LogP contribution in [-0.4, -0.2) is 5.11 Å². The van der Waals surface area contributed by atoms with Crippen LogP contribution in [0.4, 0.5) is 0 Å². The van der Waals surface area contributed by atoms with E-state index in [1.807, 2.05) is 0 Å². The first-order chi connectivity index (χ1) is 7.59. The number of phenols is 1. The molecule has 64 valence electrons. The average Bonchev–Trinajstić information content (AvgIpc) is 2.19. The monoisotopic (exact) mass is 173 g/mol. The zero-order chi connectivity index (χ0) is 11.7. The highest BCUT2D eigenvalue weighted by Gasteiger charge is 2.00. The lowest BCUT2D eigenvalue weighted by Gasteiger charge is -2.02. The number of benzene rings is 2. The van der Waals surface area contributed by atoms with Gasteiger partial charge in [0.05, 0.1) is 4.11 Å². The van der Waals surface area contributed by atoms with Crippen molar-refractivity contribution in [3.8, 4) is 16.9 Å². The molecule has 0 bridgehead atoms. The van der Waals surface area contributed by atoms with Gasteiger partial charge in [-0.15, -0.1) is 0 Å². The predicted molar refractivity (Wildman–Crippen MR) is 53.5 cm³/mol. The van der Waals surface area contributed by atoms with Gasteiger partial charge < -0.3 is 5.11 Å². The van der Waals surface area contributed by atoms with Gasteiger partial charge in [0.1, 0.15) is 5.75 Å².